The lowest BCUT2D eigenvalue weighted by atomic mass is 9.94. The van der Waals surface area contributed by atoms with E-state index in [1.807, 2.05) is 4.90 Å². The fraction of sp³-hybridized carbons (Fsp3) is 0.333. The highest BCUT2D eigenvalue weighted by atomic mass is 16.6. The highest BCUT2D eigenvalue weighted by Gasteiger charge is 2.30. The Morgan fingerprint density at radius 1 is 1.10 bits per heavy atom. The van der Waals surface area contributed by atoms with Gasteiger partial charge in [-0.15, -0.1) is 0 Å². The maximum atomic E-state index is 12.5. The number of hydrogen-bond donors (Lipinski definition) is 3. The molecule has 0 radical (unpaired) electrons. The number of aromatic hydroxyl groups is 1. The van der Waals surface area contributed by atoms with Crippen LogP contribution in [0.15, 0.2) is 48.5 Å². The molecule has 0 aromatic heterocycles. The number of non-ortho nitro benzene ring substituents is 1. The molecule has 1 aliphatic rings. The third-order valence-corrected chi connectivity index (χ3v) is 5.34. The van der Waals surface area contributed by atoms with Gasteiger partial charge in [0.1, 0.15) is 5.75 Å². The molecule has 9 nitrogen and oxygen atoms in total. The van der Waals surface area contributed by atoms with Gasteiger partial charge in [-0.05, 0) is 57.1 Å². The Kier molecular flexibility index (Phi) is 6.63. The Labute approximate surface area is 173 Å². The van der Waals surface area contributed by atoms with E-state index in [4.69, 9.17) is 0 Å². The zero-order valence-electron chi connectivity index (χ0n) is 16.6. The van der Waals surface area contributed by atoms with Crippen LogP contribution < -0.4 is 10.6 Å². The molecule has 3 rings (SSSR count). The molecule has 9 heteroatoms. The lowest BCUT2D eigenvalue weighted by Crippen LogP contribution is -2.47. The molecule has 3 N–H and O–H groups in total. The van der Waals surface area contributed by atoms with Crippen LogP contribution in [0.2, 0.25) is 0 Å². The van der Waals surface area contributed by atoms with Gasteiger partial charge >= 0.3 is 0 Å². The van der Waals surface area contributed by atoms with Crippen LogP contribution in [0.25, 0.3) is 0 Å². The van der Waals surface area contributed by atoms with E-state index in [0.717, 1.165) is 0 Å². The average molecular weight is 412 g/mol. The molecule has 0 saturated carbocycles. The van der Waals surface area contributed by atoms with E-state index in [9.17, 15) is 24.8 Å². The number of phenolic OH excluding ortho intramolecular Hbond substituents is 1. The quantitative estimate of drug-likeness (QED) is 0.381. The number of likely N-dealkylation sites (tertiary alicyclic amines) is 1. The number of anilines is 2. The number of carbonyl (C=O) groups excluding carboxylic acids is 2. The van der Waals surface area contributed by atoms with E-state index in [-0.39, 0.29) is 29.2 Å². The van der Waals surface area contributed by atoms with Crippen molar-refractivity contribution in [3.05, 3.63) is 58.6 Å². The van der Waals surface area contributed by atoms with Crippen molar-refractivity contribution in [3.63, 3.8) is 0 Å². The molecule has 0 aliphatic carbocycles. The maximum Gasteiger partial charge on any atom is 0.269 e. The van der Waals surface area contributed by atoms with Crippen molar-refractivity contribution in [1.82, 2.24) is 4.90 Å². The number of nitro benzene ring substituents is 1. The standard InChI is InChI=1S/C21H24N4O5/c1-14(20(27)22-16-6-8-17(9-7-16)25(29)30)24-12-10-15(11-13-24)21(28)23-18-4-2-3-5-19(18)26/h2-9,14-15,26H,10-13H2,1H3,(H,22,27)(H,23,28). The van der Waals surface area contributed by atoms with Crippen molar-refractivity contribution in [3.8, 4) is 5.75 Å². The first-order valence-corrected chi connectivity index (χ1v) is 9.73. The zero-order chi connectivity index (χ0) is 21.7. The molecule has 1 saturated heterocycles. The first-order valence-electron chi connectivity index (χ1n) is 9.73. The van der Waals surface area contributed by atoms with Crippen LogP contribution in [-0.4, -0.2) is 45.9 Å². The predicted molar refractivity (Wildman–Crippen MR) is 112 cm³/mol. The Morgan fingerprint density at radius 2 is 1.73 bits per heavy atom. The Bertz CT molecular complexity index is 923. The number of para-hydroxylation sites is 2. The first kappa shape index (κ1) is 21.3. The largest absolute Gasteiger partial charge is 0.506 e. The molecule has 1 atom stereocenters. The normalized spacial score (nSPS) is 15.9. The third-order valence-electron chi connectivity index (χ3n) is 5.34. The van der Waals surface area contributed by atoms with Crippen LogP contribution in [0.3, 0.4) is 0 Å². The molecule has 2 amide bonds. The SMILES string of the molecule is CC(C(=O)Nc1ccc([N+](=O)[O-])cc1)N1CCC(C(=O)Nc2ccccc2O)CC1. The highest BCUT2D eigenvalue weighted by Crippen LogP contribution is 2.25. The van der Waals surface area contributed by atoms with Crippen molar-refractivity contribution in [1.29, 1.82) is 0 Å². The smallest absolute Gasteiger partial charge is 0.269 e. The van der Waals surface area contributed by atoms with E-state index >= 15 is 0 Å². The topological polar surface area (TPSA) is 125 Å². The summed E-state index contributed by atoms with van der Waals surface area (Å²) in [7, 11) is 0. The van der Waals surface area contributed by atoms with Gasteiger partial charge in [-0.25, -0.2) is 0 Å². The fourth-order valence-electron chi connectivity index (χ4n) is 3.44. The van der Waals surface area contributed by atoms with Gasteiger partial charge in [0.15, 0.2) is 0 Å². The van der Waals surface area contributed by atoms with Gasteiger partial charge in [-0.1, -0.05) is 12.1 Å². The second kappa shape index (κ2) is 9.36. The fourth-order valence-corrected chi connectivity index (χ4v) is 3.44. The van der Waals surface area contributed by atoms with Crippen LogP contribution in [0.1, 0.15) is 19.8 Å². The van der Waals surface area contributed by atoms with Gasteiger partial charge in [0, 0.05) is 23.7 Å². The van der Waals surface area contributed by atoms with Gasteiger partial charge in [-0.3, -0.25) is 24.6 Å². The summed E-state index contributed by atoms with van der Waals surface area (Å²) >= 11 is 0. The van der Waals surface area contributed by atoms with Gasteiger partial charge in [-0.2, -0.15) is 0 Å². The maximum absolute atomic E-state index is 12.5. The van der Waals surface area contributed by atoms with Crippen molar-refractivity contribution >= 4 is 28.9 Å². The number of nitrogens with zero attached hydrogens (tertiary/aromatic N) is 2. The lowest BCUT2D eigenvalue weighted by molar-refractivity contribution is -0.384. The van der Waals surface area contributed by atoms with Crippen LogP contribution in [-0.2, 0) is 9.59 Å². The number of carbonyl (C=O) groups is 2. The molecule has 30 heavy (non-hydrogen) atoms. The zero-order valence-corrected chi connectivity index (χ0v) is 16.6. The number of piperidine rings is 1. The van der Waals surface area contributed by atoms with Crippen molar-refractivity contribution in [2.24, 2.45) is 5.92 Å². The molecule has 1 unspecified atom stereocenters. The summed E-state index contributed by atoms with van der Waals surface area (Å²) in [6.07, 6.45) is 1.21. The molecule has 0 bridgehead atoms. The van der Waals surface area contributed by atoms with Crippen molar-refractivity contribution < 1.29 is 19.6 Å². The highest BCUT2D eigenvalue weighted by molar-refractivity contribution is 5.95. The summed E-state index contributed by atoms with van der Waals surface area (Å²) in [5, 5.41) is 26.0. The van der Waals surface area contributed by atoms with Crippen LogP contribution >= 0.6 is 0 Å². The van der Waals surface area contributed by atoms with E-state index in [2.05, 4.69) is 10.6 Å². The number of rotatable bonds is 6. The van der Waals surface area contributed by atoms with Gasteiger partial charge in [0.05, 0.1) is 16.7 Å². The Hall–Kier alpha value is -3.46. The van der Waals surface area contributed by atoms with Gasteiger partial charge in [0.2, 0.25) is 11.8 Å². The second-order valence-electron chi connectivity index (χ2n) is 7.29. The number of benzene rings is 2. The summed E-state index contributed by atoms with van der Waals surface area (Å²) in [5.74, 6) is -0.509. The summed E-state index contributed by atoms with van der Waals surface area (Å²) < 4.78 is 0. The number of hydrogen-bond acceptors (Lipinski definition) is 6. The minimum Gasteiger partial charge on any atom is -0.506 e. The summed E-state index contributed by atoms with van der Waals surface area (Å²) in [6.45, 7) is 2.98. The monoisotopic (exact) mass is 412 g/mol. The first-order chi connectivity index (χ1) is 14.3. The van der Waals surface area contributed by atoms with Crippen LogP contribution in [0.5, 0.6) is 5.75 Å². The molecule has 0 spiro atoms. The third kappa shape index (κ3) is 5.12. The van der Waals surface area contributed by atoms with E-state index in [0.29, 0.717) is 37.3 Å². The van der Waals surface area contributed by atoms with Crippen LogP contribution in [0, 0.1) is 16.0 Å². The predicted octanol–water partition coefficient (Wildman–Crippen LogP) is 2.98. The molecule has 2 aromatic rings. The summed E-state index contributed by atoms with van der Waals surface area (Å²) in [6, 6.07) is 11.9. The van der Waals surface area contributed by atoms with E-state index < -0.39 is 11.0 Å². The summed E-state index contributed by atoms with van der Waals surface area (Å²) in [5.41, 5.74) is 0.848. The van der Waals surface area contributed by atoms with E-state index in [1.165, 1.54) is 30.3 Å². The molecular formula is C21H24N4O5. The number of phenols is 1. The molecule has 1 fully saturated rings. The lowest BCUT2D eigenvalue weighted by Gasteiger charge is -2.34. The van der Waals surface area contributed by atoms with E-state index in [1.54, 1.807) is 25.1 Å². The minimum atomic E-state index is -0.492. The van der Waals surface area contributed by atoms with Gasteiger partial charge in [0.25, 0.3) is 5.69 Å². The van der Waals surface area contributed by atoms with Crippen LogP contribution in [0.4, 0.5) is 17.1 Å². The number of nitrogens with one attached hydrogen (secondary N) is 2. The second-order valence-corrected chi connectivity index (χ2v) is 7.29. The minimum absolute atomic E-state index is 0.0276. The van der Waals surface area contributed by atoms with Crippen molar-refractivity contribution in [2.45, 2.75) is 25.8 Å². The summed E-state index contributed by atoms with van der Waals surface area (Å²) in [4.78, 5) is 37.2. The molecule has 158 valence electrons. The number of amides is 2. The molecule has 2 aromatic carbocycles. The molecule has 1 heterocycles. The molecular weight excluding hydrogens is 388 g/mol. The Balaban J connectivity index is 1.50. The molecule has 1 aliphatic heterocycles. The van der Waals surface area contributed by atoms with Crippen molar-refractivity contribution in [2.75, 3.05) is 23.7 Å². The Morgan fingerprint density at radius 3 is 2.33 bits per heavy atom. The van der Waals surface area contributed by atoms with Gasteiger partial charge < -0.3 is 15.7 Å². The average Bonchev–Trinajstić information content (AvgIpc) is 2.75. The number of nitro groups is 1.